The minimum absolute atomic E-state index is 0.0171. The maximum Gasteiger partial charge on any atom is 0.410 e. The van der Waals surface area contributed by atoms with E-state index in [9.17, 15) is 34.1 Å². The van der Waals surface area contributed by atoms with Gasteiger partial charge in [-0.05, 0) is 42.3 Å². The van der Waals surface area contributed by atoms with Crippen molar-refractivity contribution in [2.24, 2.45) is 0 Å². The van der Waals surface area contributed by atoms with E-state index in [1.54, 1.807) is 0 Å². The van der Waals surface area contributed by atoms with E-state index >= 15 is 0 Å². The first kappa shape index (κ1) is 32.8. The topological polar surface area (TPSA) is 175 Å². The zero-order valence-electron chi connectivity index (χ0n) is 23.6. The molecule has 0 unspecified atom stereocenters. The fraction of sp³-hybridized carbons (Fsp3) is 0.321. The number of hydrogen-bond acceptors (Lipinski definition) is 11. The number of benzene rings is 2. The summed E-state index contributed by atoms with van der Waals surface area (Å²) >= 11 is 0.990. The van der Waals surface area contributed by atoms with E-state index in [1.807, 2.05) is 0 Å². The molecule has 0 bridgehead atoms. The van der Waals surface area contributed by atoms with Crippen LogP contribution in [0.5, 0.6) is 0 Å². The minimum Gasteiger partial charge on any atom is -0.458 e. The molecule has 0 aromatic heterocycles. The Balaban J connectivity index is 1.83. The van der Waals surface area contributed by atoms with E-state index in [2.05, 4.69) is 11.9 Å². The van der Waals surface area contributed by atoms with Gasteiger partial charge in [0.1, 0.15) is 19.3 Å². The summed E-state index contributed by atoms with van der Waals surface area (Å²) in [6.07, 6.45) is 0.672. The Morgan fingerprint density at radius 3 is 2.42 bits per heavy atom. The van der Waals surface area contributed by atoms with Crippen molar-refractivity contribution in [3.05, 3.63) is 81.9 Å². The maximum atomic E-state index is 13.5. The fourth-order valence-electron chi connectivity index (χ4n) is 4.16. The van der Waals surface area contributed by atoms with Crippen LogP contribution in [0.3, 0.4) is 0 Å². The molecule has 0 radical (unpaired) electrons. The molecular weight excluding hydrogens is 584 g/mol. The molecule has 0 spiro atoms. The van der Waals surface area contributed by atoms with Gasteiger partial charge in [0.15, 0.2) is 5.12 Å². The lowest BCUT2D eigenvalue weighted by molar-refractivity contribution is -0.384. The lowest BCUT2D eigenvalue weighted by Gasteiger charge is -2.23. The summed E-state index contributed by atoms with van der Waals surface area (Å²) in [5, 5.41) is 13.9. The zero-order chi connectivity index (χ0) is 31.7. The van der Waals surface area contributed by atoms with Gasteiger partial charge in [-0.1, -0.05) is 24.4 Å². The molecule has 15 heteroatoms. The summed E-state index contributed by atoms with van der Waals surface area (Å²) in [5.41, 5.74) is 0.443. The molecule has 1 saturated heterocycles. The SMILES string of the molecule is C=CCOC(=O)c1cc(NC(=O)[C@@H]2C[C@H](SC(C)=O)CN2C(=O)OCc2ccc([N+](=O)[O-])cc2)cc(C(=O)N(C)OC)c1. The van der Waals surface area contributed by atoms with Crippen molar-refractivity contribution in [2.75, 3.05) is 32.6 Å². The van der Waals surface area contributed by atoms with Crippen LogP contribution in [0.2, 0.25) is 0 Å². The van der Waals surface area contributed by atoms with Crippen molar-refractivity contribution in [2.45, 2.75) is 31.2 Å². The van der Waals surface area contributed by atoms with Gasteiger partial charge in [-0.15, -0.1) is 0 Å². The van der Waals surface area contributed by atoms with Gasteiger partial charge in [0.25, 0.3) is 11.6 Å². The Kier molecular flexibility index (Phi) is 11.4. The van der Waals surface area contributed by atoms with Crippen LogP contribution < -0.4 is 5.32 Å². The molecular formula is C28H30N4O10S. The Bertz CT molecular complexity index is 1410. The van der Waals surface area contributed by atoms with Gasteiger partial charge in [-0.25, -0.2) is 14.7 Å². The number of carbonyl (C=O) groups is 5. The number of nitrogens with one attached hydrogen (secondary N) is 1. The molecule has 2 atom stereocenters. The number of amides is 3. The molecule has 14 nitrogen and oxygen atoms in total. The normalized spacial score (nSPS) is 15.7. The highest BCUT2D eigenvalue weighted by Gasteiger charge is 2.41. The molecule has 0 aliphatic carbocycles. The number of hydrogen-bond donors (Lipinski definition) is 1. The first-order valence-electron chi connectivity index (χ1n) is 12.8. The first-order valence-corrected chi connectivity index (χ1v) is 13.7. The predicted molar refractivity (Wildman–Crippen MR) is 155 cm³/mol. The highest BCUT2D eigenvalue weighted by Crippen LogP contribution is 2.30. The van der Waals surface area contributed by atoms with E-state index in [0.29, 0.717) is 5.56 Å². The van der Waals surface area contributed by atoms with Crippen LogP contribution in [-0.4, -0.2) is 82.5 Å². The third-order valence-corrected chi connectivity index (χ3v) is 7.22. The number of esters is 1. The van der Waals surface area contributed by atoms with Crippen LogP contribution in [0.25, 0.3) is 0 Å². The Hall–Kier alpha value is -4.76. The molecule has 1 aliphatic rings. The summed E-state index contributed by atoms with van der Waals surface area (Å²) in [6, 6.07) is 8.34. The molecule has 2 aromatic rings. The van der Waals surface area contributed by atoms with Crippen molar-refractivity contribution in [3.8, 4) is 0 Å². The summed E-state index contributed by atoms with van der Waals surface area (Å²) in [5.74, 6) is -2.01. The lowest BCUT2D eigenvalue weighted by atomic mass is 10.1. The quantitative estimate of drug-likeness (QED) is 0.170. The van der Waals surface area contributed by atoms with Crippen LogP contribution >= 0.6 is 11.8 Å². The van der Waals surface area contributed by atoms with Crippen LogP contribution in [0.15, 0.2) is 55.1 Å². The first-order chi connectivity index (χ1) is 20.4. The second-order valence-corrected chi connectivity index (χ2v) is 10.8. The highest BCUT2D eigenvalue weighted by molar-refractivity contribution is 8.14. The summed E-state index contributed by atoms with van der Waals surface area (Å²) < 4.78 is 10.5. The molecule has 228 valence electrons. The second-order valence-electron chi connectivity index (χ2n) is 9.27. The number of anilines is 1. The van der Waals surface area contributed by atoms with Gasteiger partial charge in [0, 0.05) is 49.1 Å². The number of nitrogens with zero attached hydrogens (tertiary/aromatic N) is 3. The van der Waals surface area contributed by atoms with Gasteiger partial charge >= 0.3 is 12.1 Å². The molecule has 43 heavy (non-hydrogen) atoms. The van der Waals surface area contributed by atoms with Gasteiger partial charge in [-0.2, -0.15) is 0 Å². The van der Waals surface area contributed by atoms with Crippen LogP contribution in [0.4, 0.5) is 16.2 Å². The Labute approximate surface area is 251 Å². The number of carbonyl (C=O) groups excluding carboxylic acids is 5. The third-order valence-electron chi connectivity index (χ3n) is 6.22. The largest absolute Gasteiger partial charge is 0.458 e. The number of thioether (sulfide) groups is 1. The predicted octanol–water partition coefficient (Wildman–Crippen LogP) is 3.57. The third kappa shape index (κ3) is 8.86. The van der Waals surface area contributed by atoms with Crippen molar-refractivity contribution < 1.29 is 43.2 Å². The molecule has 2 aromatic carbocycles. The Morgan fingerprint density at radius 2 is 1.81 bits per heavy atom. The lowest BCUT2D eigenvalue weighted by Crippen LogP contribution is -2.43. The van der Waals surface area contributed by atoms with E-state index < -0.39 is 40.1 Å². The monoisotopic (exact) mass is 614 g/mol. The highest BCUT2D eigenvalue weighted by atomic mass is 32.2. The Morgan fingerprint density at radius 1 is 1.14 bits per heavy atom. The van der Waals surface area contributed by atoms with E-state index in [-0.39, 0.29) is 53.8 Å². The van der Waals surface area contributed by atoms with Crippen LogP contribution in [-0.2, 0) is 30.5 Å². The number of hydroxylamine groups is 2. The van der Waals surface area contributed by atoms with E-state index in [1.165, 1.54) is 74.5 Å². The fourth-order valence-corrected chi connectivity index (χ4v) is 5.14. The van der Waals surface area contributed by atoms with Crippen molar-refractivity contribution in [1.82, 2.24) is 9.96 Å². The number of nitro benzene ring substituents is 1. The summed E-state index contributed by atoms with van der Waals surface area (Å²) in [4.78, 5) is 80.1. The second kappa shape index (κ2) is 14.9. The van der Waals surface area contributed by atoms with E-state index in [0.717, 1.165) is 16.8 Å². The van der Waals surface area contributed by atoms with E-state index in [4.69, 9.17) is 14.3 Å². The van der Waals surface area contributed by atoms with Crippen molar-refractivity contribution >= 4 is 52.1 Å². The van der Waals surface area contributed by atoms with Crippen molar-refractivity contribution in [3.63, 3.8) is 0 Å². The molecule has 3 rings (SSSR count). The van der Waals surface area contributed by atoms with Gasteiger partial charge in [-0.3, -0.25) is 34.2 Å². The van der Waals surface area contributed by atoms with Crippen molar-refractivity contribution in [1.29, 1.82) is 0 Å². The standard InChI is InChI=1S/C28H30N4O10S/c1-5-10-41-27(36)20-11-19(26(35)30(3)40-4)12-21(13-20)29-25(34)24-14-23(43-17(2)33)15-31(24)28(37)42-16-18-6-8-22(9-7-18)32(38)39/h5-9,11-13,23-24H,1,10,14-16H2,2-4H3,(H,29,34)/t23-,24-/m0/s1. The molecule has 1 heterocycles. The number of non-ortho nitro benzene ring substituents is 1. The number of ether oxygens (including phenoxy) is 2. The zero-order valence-corrected chi connectivity index (χ0v) is 24.5. The molecule has 0 saturated carbocycles. The average molecular weight is 615 g/mol. The van der Waals surface area contributed by atoms with Gasteiger partial charge in [0.2, 0.25) is 5.91 Å². The summed E-state index contributed by atoms with van der Waals surface area (Å²) in [6.45, 7) is 4.62. The van der Waals surface area contributed by atoms with Crippen LogP contribution in [0, 0.1) is 10.1 Å². The van der Waals surface area contributed by atoms with Gasteiger partial charge < -0.3 is 14.8 Å². The number of rotatable bonds is 11. The molecule has 1 aliphatic heterocycles. The molecule has 1 N–H and O–H groups in total. The van der Waals surface area contributed by atoms with Gasteiger partial charge in [0.05, 0.1) is 17.6 Å². The number of likely N-dealkylation sites (tertiary alicyclic amines) is 1. The minimum atomic E-state index is -1.06. The maximum absolute atomic E-state index is 13.5. The summed E-state index contributed by atoms with van der Waals surface area (Å²) in [7, 11) is 2.66. The smallest absolute Gasteiger partial charge is 0.410 e. The average Bonchev–Trinajstić information content (AvgIpc) is 3.41. The molecule has 1 fully saturated rings. The number of nitro groups is 1. The van der Waals surface area contributed by atoms with Crippen LogP contribution in [0.1, 0.15) is 39.6 Å². The molecule has 3 amide bonds.